The van der Waals surface area contributed by atoms with E-state index in [1.807, 2.05) is 12.1 Å². The fourth-order valence-electron chi connectivity index (χ4n) is 3.53. The first kappa shape index (κ1) is 32.4. The van der Waals surface area contributed by atoms with Crippen LogP contribution in [-0.4, -0.2) is 45.7 Å². The van der Waals surface area contributed by atoms with E-state index in [-0.39, 0.29) is 24.3 Å². The third-order valence-corrected chi connectivity index (χ3v) is 6.77. The molecular weight excluding hydrogens is 623 g/mol. The normalized spacial score (nSPS) is 10.1. The molecule has 0 atom stereocenters. The number of anilines is 2. The summed E-state index contributed by atoms with van der Waals surface area (Å²) < 4.78 is 34.4. The molecule has 228 valence electrons. The minimum absolute atomic E-state index is 0.0448. The fourth-order valence-corrected chi connectivity index (χ4v) is 4.59. The van der Waals surface area contributed by atoms with Gasteiger partial charge < -0.3 is 16.2 Å². The number of nitrogen functional groups attached to an aromatic ring is 1. The predicted octanol–water partition coefficient (Wildman–Crippen LogP) is 5.56. The largest absolute Gasteiger partial charge is 0.481 e. The summed E-state index contributed by atoms with van der Waals surface area (Å²) in [5, 5.41) is 11.8. The van der Waals surface area contributed by atoms with Crippen LogP contribution in [0.4, 0.5) is 19.0 Å². The van der Waals surface area contributed by atoms with Crippen LogP contribution in [0.3, 0.4) is 0 Å². The van der Waals surface area contributed by atoms with Gasteiger partial charge in [0.05, 0.1) is 12.8 Å². The Hall–Kier alpha value is -5.54. The number of carboxylic acids is 1. The zero-order valence-corrected chi connectivity index (χ0v) is 24.9. The van der Waals surface area contributed by atoms with Crippen LogP contribution in [0.25, 0.3) is 22.8 Å². The smallest absolute Gasteiger partial charge is 0.307 e. The van der Waals surface area contributed by atoms with Crippen LogP contribution in [0.1, 0.15) is 11.1 Å². The molecule has 6 rings (SSSR count). The summed E-state index contributed by atoms with van der Waals surface area (Å²) in [6, 6.07) is 19.3. The average molecular weight is 647 g/mol. The Kier molecular flexibility index (Phi) is 11.8. The molecule has 1 amide bonds. The third-order valence-electron chi connectivity index (χ3n) is 5.60. The lowest BCUT2D eigenvalue weighted by Gasteiger charge is -2.02. The number of halogens is 2. The highest BCUT2D eigenvalue weighted by Gasteiger charge is 2.12. The number of benzene rings is 2. The number of carbonyl (C=O) groups is 2. The zero-order valence-electron chi connectivity index (χ0n) is 23.2. The lowest BCUT2D eigenvalue weighted by atomic mass is 10.1. The molecule has 4 N–H and O–H groups in total. The van der Waals surface area contributed by atoms with E-state index in [2.05, 4.69) is 34.0 Å². The van der Waals surface area contributed by atoms with Crippen LogP contribution in [-0.2, 0) is 22.4 Å². The van der Waals surface area contributed by atoms with Crippen molar-refractivity contribution in [2.24, 2.45) is 0 Å². The van der Waals surface area contributed by atoms with Crippen molar-refractivity contribution in [1.82, 2.24) is 28.7 Å². The number of rotatable bonds is 7. The van der Waals surface area contributed by atoms with Crippen LogP contribution in [0, 0.1) is 11.6 Å². The van der Waals surface area contributed by atoms with E-state index in [0.29, 0.717) is 27.5 Å². The van der Waals surface area contributed by atoms with E-state index < -0.39 is 17.6 Å². The van der Waals surface area contributed by atoms with E-state index in [1.54, 1.807) is 61.2 Å². The number of hydrogen-bond acceptors (Lipinski definition) is 11. The summed E-state index contributed by atoms with van der Waals surface area (Å²) in [6.07, 6.45) is 6.39. The van der Waals surface area contributed by atoms with Gasteiger partial charge in [-0.05, 0) is 47.5 Å². The monoisotopic (exact) mass is 646 g/mol. The molecule has 0 saturated carbocycles. The van der Waals surface area contributed by atoms with Gasteiger partial charge in [0.2, 0.25) is 11.0 Å². The summed E-state index contributed by atoms with van der Waals surface area (Å²) in [5.74, 6) is -1.02. The molecular formula is C30H24F2N8O3S2. The highest BCUT2D eigenvalue weighted by molar-refractivity contribution is 7.10. The summed E-state index contributed by atoms with van der Waals surface area (Å²) in [6.45, 7) is 0. The molecule has 0 unspecified atom stereocenters. The summed E-state index contributed by atoms with van der Waals surface area (Å²) in [4.78, 5) is 38.2. The van der Waals surface area contributed by atoms with Gasteiger partial charge in [-0.15, -0.1) is 0 Å². The quantitative estimate of drug-likeness (QED) is 0.200. The molecule has 0 aliphatic rings. The topological polar surface area (TPSA) is 170 Å². The first-order valence-corrected chi connectivity index (χ1v) is 14.6. The van der Waals surface area contributed by atoms with Gasteiger partial charge >= 0.3 is 5.97 Å². The number of pyridine rings is 2. The van der Waals surface area contributed by atoms with Crippen molar-refractivity contribution >= 4 is 45.2 Å². The van der Waals surface area contributed by atoms with Crippen molar-refractivity contribution in [3.8, 4) is 22.8 Å². The second kappa shape index (κ2) is 16.3. The Morgan fingerprint density at radius 3 is 1.69 bits per heavy atom. The Balaban J connectivity index is 0.000000169. The maximum atomic E-state index is 13.5. The molecule has 11 nitrogen and oxygen atoms in total. The minimum atomic E-state index is -1.02. The zero-order chi connectivity index (χ0) is 32.0. The molecule has 4 aromatic heterocycles. The number of hydrogen-bond donors (Lipinski definition) is 3. The molecule has 0 fully saturated rings. The SMILES string of the molecule is Nc1nc(-c2ccncc2)ns1.O=C(Cc1ccccc1F)Nc1nc(-c2ccncc2)ns1.O=C(O)Cc1ccccc1F. The molecule has 0 spiro atoms. The predicted molar refractivity (Wildman–Crippen MR) is 167 cm³/mol. The lowest BCUT2D eigenvalue weighted by Crippen LogP contribution is -2.15. The number of carboxylic acid groups (broad SMARTS) is 1. The van der Waals surface area contributed by atoms with Gasteiger partial charge in [-0.25, -0.2) is 8.78 Å². The molecule has 4 heterocycles. The van der Waals surface area contributed by atoms with Gasteiger partial charge in [-0.2, -0.15) is 18.7 Å². The number of nitrogens with zero attached hydrogens (tertiary/aromatic N) is 6. The van der Waals surface area contributed by atoms with E-state index in [1.165, 1.54) is 35.8 Å². The highest BCUT2D eigenvalue weighted by atomic mass is 32.1. The highest BCUT2D eigenvalue weighted by Crippen LogP contribution is 2.21. The van der Waals surface area contributed by atoms with Crippen molar-refractivity contribution in [2.75, 3.05) is 11.1 Å². The van der Waals surface area contributed by atoms with E-state index >= 15 is 0 Å². The number of aliphatic carboxylic acids is 1. The Bertz CT molecular complexity index is 1840. The van der Waals surface area contributed by atoms with Gasteiger partial charge in [0.15, 0.2) is 16.8 Å². The first-order valence-electron chi connectivity index (χ1n) is 13.0. The van der Waals surface area contributed by atoms with Gasteiger partial charge in [-0.1, -0.05) is 36.4 Å². The van der Waals surface area contributed by atoms with Crippen LogP contribution in [0.5, 0.6) is 0 Å². The molecule has 0 aliphatic heterocycles. The number of amides is 1. The number of carbonyl (C=O) groups excluding carboxylic acids is 1. The molecule has 6 aromatic rings. The maximum Gasteiger partial charge on any atom is 0.307 e. The Labute approximate surface area is 263 Å². The Morgan fingerprint density at radius 2 is 1.20 bits per heavy atom. The Morgan fingerprint density at radius 1 is 0.711 bits per heavy atom. The molecule has 15 heteroatoms. The maximum absolute atomic E-state index is 13.5. The van der Waals surface area contributed by atoms with E-state index in [4.69, 9.17) is 10.8 Å². The van der Waals surface area contributed by atoms with Gasteiger partial charge in [-0.3, -0.25) is 19.6 Å². The summed E-state index contributed by atoms with van der Waals surface area (Å²) in [5.41, 5.74) is 7.78. The second-order valence-electron chi connectivity index (χ2n) is 8.83. The summed E-state index contributed by atoms with van der Waals surface area (Å²) >= 11 is 2.28. The summed E-state index contributed by atoms with van der Waals surface area (Å²) in [7, 11) is 0. The number of nitrogens with one attached hydrogen (secondary N) is 1. The third kappa shape index (κ3) is 10.3. The van der Waals surface area contributed by atoms with Gasteiger partial charge in [0.1, 0.15) is 11.6 Å². The van der Waals surface area contributed by atoms with Crippen LogP contribution >= 0.6 is 23.1 Å². The van der Waals surface area contributed by atoms with Crippen LogP contribution in [0.15, 0.2) is 97.6 Å². The first-order chi connectivity index (χ1) is 21.8. The van der Waals surface area contributed by atoms with Crippen LogP contribution < -0.4 is 11.1 Å². The molecule has 0 radical (unpaired) electrons. The van der Waals surface area contributed by atoms with E-state index in [9.17, 15) is 18.4 Å². The van der Waals surface area contributed by atoms with Crippen molar-refractivity contribution in [3.05, 3.63) is 120 Å². The van der Waals surface area contributed by atoms with Crippen molar-refractivity contribution in [3.63, 3.8) is 0 Å². The standard InChI is InChI=1S/C15H11FN4OS.C8H7FO2.C7H6N4S/c16-12-4-2-1-3-11(12)9-13(21)18-15-19-14(20-22-15)10-5-7-17-8-6-10;9-7-4-2-1-3-6(7)5-8(10)11;8-7-10-6(11-12-7)5-1-3-9-4-2-5/h1-8H,9H2,(H,18,19,20,21);1-4H,5H2,(H,10,11);1-4H,(H2,8,10,11). The molecule has 0 saturated heterocycles. The second-order valence-corrected chi connectivity index (χ2v) is 10.4. The average Bonchev–Trinajstić information content (AvgIpc) is 3.70. The molecule has 2 aromatic carbocycles. The number of aromatic nitrogens is 6. The van der Waals surface area contributed by atoms with Crippen molar-refractivity contribution < 1.29 is 23.5 Å². The molecule has 0 bridgehead atoms. The number of nitrogens with two attached hydrogens (primary N) is 1. The van der Waals surface area contributed by atoms with E-state index in [0.717, 1.165) is 22.7 Å². The molecule has 45 heavy (non-hydrogen) atoms. The van der Waals surface area contributed by atoms with Crippen LogP contribution in [0.2, 0.25) is 0 Å². The fraction of sp³-hybridized carbons (Fsp3) is 0.0667. The van der Waals surface area contributed by atoms with Gasteiger partial charge in [0.25, 0.3) is 0 Å². The molecule has 0 aliphatic carbocycles. The minimum Gasteiger partial charge on any atom is -0.481 e. The lowest BCUT2D eigenvalue weighted by molar-refractivity contribution is -0.136. The van der Waals surface area contributed by atoms with Crippen molar-refractivity contribution in [2.45, 2.75) is 12.8 Å². The van der Waals surface area contributed by atoms with Gasteiger partial charge in [0, 0.05) is 59.0 Å². The van der Waals surface area contributed by atoms with Crippen molar-refractivity contribution in [1.29, 1.82) is 0 Å².